The van der Waals surface area contributed by atoms with Gasteiger partial charge in [0, 0.05) is 17.5 Å². The van der Waals surface area contributed by atoms with Crippen LogP contribution in [0.4, 0.5) is 11.4 Å². The number of nitrogens with two attached hydrogens (primary N) is 2. The number of esters is 3. The highest BCUT2D eigenvalue weighted by molar-refractivity contribution is 5.91. The Morgan fingerprint density at radius 1 is 0.810 bits per heavy atom. The van der Waals surface area contributed by atoms with E-state index in [0.717, 1.165) is 75.7 Å². The van der Waals surface area contributed by atoms with Gasteiger partial charge in [-0.15, -0.1) is 0 Å². The quantitative estimate of drug-likeness (QED) is 0.0708. The molecule has 0 aromatic heterocycles. The van der Waals surface area contributed by atoms with Crippen molar-refractivity contribution >= 4 is 35.4 Å². The fraction of sp³-hybridized carbons (Fsp3) is 0.500. The molecule has 1 aliphatic carbocycles. The summed E-state index contributed by atoms with van der Waals surface area (Å²) in [5, 5.41) is 0. The predicted octanol–water partition coefficient (Wildman–Crippen LogP) is 7.12. The molecule has 8 heteroatoms. The minimum absolute atomic E-state index is 0.00815. The monoisotopic (exact) mass is 578 g/mol. The van der Waals surface area contributed by atoms with E-state index in [-0.39, 0.29) is 17.9 Å². The molecule has 228 valence electrons. The highest BCUT2D eigenvalue weighted by atomic mass is 16.5. The Morgan fingerprint density at radius 3 is 2.02 bits per heavy atom. The molecule has 4 N–H and O–H groups in total. The van der Waals surface area contributed by atoms with Gasteiger partial charge in [-0.2, -0.15) is 0 Å². The number of anilines is 2. The molecule has 42 heavy (non-hydrogen) atoms. The van der Waals surface area contributed by atoms with Crippen molar-refractivity contribution in [3.63, 3.8) is 0 Å². The minimum atomic E-state index is -0.419. The Balaban J connectivity index is 1.20. The number of unbranched alkanes of at least 4 members (excludes halogenated alkanes) is 5. The molecule has 0 bridgehead atoms. The van der Waals surface area contributed by atoms with Crippen LogP contribution >= 0.6 is 0 Å². The lowest BCUT2D eigenvalue weighted by atomic mass is 9.80. The third-order valence-electron chi connectivity index (χ3n) is 7.62. The molecule has 0 aliphatic heterocycles. The van der Waals surface area contributed by atoms with E-state index in [2.05, 4.69) is 6.92 Å². The van der Waals surface area contributed by atoms with Crippen molar-refractivity contribution in [3.05, 3.63) is 59.7 Å². The summed E-state index contributed by atoms with van der Waals surface area (Å²) in [5.41, 5.74) is 13.5. The fourth-order valence-corrected chi connectivity index (χ4v) is 5.28. The molecule has 0 spiro atoms. The van der Waals surface area contributed by atoms with Crippen molar-refractivity contribution in [1.29, 1.82) is 0 Å². The van der Waals surface area contributed by atoms with E-state index in [1.165, 1.54) is 18.9 Å². The molecule has 2 aromatic carbocycles. The Morgan fingerprint density at radius 2 is 1.40 bits per heavy atom. The lowest BCUT2D eigenvalue weighted by Crippen LogP contribution is -2.25. The molecule has 3 rings (SSSR count). The normalized spacial score (nSPS) is 16.7. The lowest BCUT2D eigenvalue weighted by molar-refractivity contribution is -0.140. The van der Waals surface area contributed by atoms with Gasteiger partial charge >= 0.3 is 17.9 Å². The average Bonchev–Trinajstić information content (AvgIpc) is 2.97. The summed E-state index contributed by atoms with van der Waals surface area (Å²) in [4.78, 5) is 36.6. The lowest BCUT2D eigenvalue weighted by Gasteiger charge is -2.26. The third-order valence-corrected chi connectivity index (χ3v) is 7.62. The van der Waals surface area contributed by atoms with Gasteiger partial charge in [-0.05, 0) is 86.4 Å². The van der Waals surface area contributed by atoms with Crippen molar-refractivity contribution in [2.24, 2.45) is 11.8 Å². The highest BCUT2D eigenvalue weighted by Gasteiger charge is 2.27. The Bertz CT molecular complexity index is 1150. The summed E-state index contributed by atoms with van der Waals surface area (Å²) in [6.45, 7) is 2.94. The molecular weight excluding hydrogens is 532 g/mol. The first-order valence-electron chi connectivity index (χ1n) is 15.3. The SMILES string of the molecule is CCCC1CCC(C(=O)Oc2ccc(C=CC(=O)OCCCCCCCCOC(=O)c3cc(N)cc(N)c3)cc2)CC1. The molecule has 0 unspecified atom stereocenters. The molecule has 0 saturated heterocycles. The molecule has 2 aromatic rings. The highest BCUT2D eigenvalue weighted by Crippen LogP contribution is 2.32. The van der Waals surface area contributed by atoms with Crippen LogP contribution in [-0.2, 0) is 19.1 Å². The third kappa shape index (κ3) is 12.0. The number of benzene rings is 2. The first-order valence-corrected chi connectivity index (χ1v) is 15.3. The topological polar surface area (TPSA) is 131 Å². The zero-order chi connectivity index (χ0) is 30.2. The van der Waals surface area contributed by atoms with Crippen molar-refractivity contribution in [3.8, 4) is 5.75 Å². The van der Waals surface area contributed by atoms with E-state index in [9.17, 15) is 14.4 Å². The summed E-state index contributed by atoms with van der Waals surface area (Å²) in [6, 6.07) is 11.8. The van der Waals surface area contributed by atoms with Crippen LogP contribution < -0.4 is 16.2 Å². The summed E-state index contributed by atoms with van der Waals surface area (Å²) in [5.74, 6) is 0.331. The van der Waals surface area contributed by atoms with Gasteiger partial charge in [-0.3, -0.25) is 4.79 Å². The van der Waals surface area contributed by atoms with Crippen LogP contribution in [0.1, 0.15) is 99.9 Å². The molecule has 0 heterocycles. The van der Waals surface area contributed by atoms with Gasteiger partial charge in [0.2, 0.25) is 0 Å². The van der Waals surface area contributed by atoms with Crippen molar-refractivity contribution in [1.82, 2.24) is 0 Å². The van der Waals surface area contributed by atoms with Gasteiger partial charge in [0.05, 0.1) is 24.7 Å². The Hall–Kier alpha value is -3.81. The first kappa shape index (κ1) is 32.7. The molecule has 0 amide bonds. The minimum Gasteiger partial charge on any atom is -0.463 e. The van der Waals surface area contributed by atoms with Crippen LogP contribution in [0.3, 0.4) is 0 Å². The second kappa shape index (κ2) is 17.9. The number of nitrogen functional groups attached to an aromatic ring is 2. The maximum Gasteiger partial charge on any atom is 0.338 e. The predicted molar refractivity (Wildman–Crippen MR) is 166 cm³/mol. The van der Waals surface area contributed by atoms with Crippen LogP contribution in [-0.4, -0.2) is 31.1 Å². The Labute approximate surface area is 249 Å². The van der Waals surface area contributed by atoms with Gasteiger partial charge in [-0.25, -0.2) is 9.59 Å². The summed E-state index contributed by atoms with van der Waals surface area (Å²) in [7, 11) is 0. The smallest absolute Gasteiger partial charge is 0.338 e. The maximum atomic E-state index is 12.5. The zero-order valence-electron chi connectivity index (χ0n) is 24.9. The summed E-state index contributed by atoms with van der Waals surface area (Å²) in [6.07, 6.45) is 15.1. The van der Waals surface area contributed by atoms with E-state index in [4.69, 9.17) is 25.7 Å². The molecular formula is C34H46N2O6. The van der Waals surface area contributed by atoms with Crippen LogP contribution in [0, 0.1) is 11.8 Å². The van der Waals surface area contributed by atoms with E-state index < -0.39 is 5.97 Å². The van der Waals surface area contributed by atoms with E-state index in [0.29, 0.717) is 35.9 Å². The van der Waals surface area contributed by atoms with Crippen LogP contribution in [0.25, 0.3) is 6.08 Å². The summed E-state index contributed by atoms with van der Waals surface area (Å²) >= 11 is 0. The van der Waals surface area contributed by atoms with Gasteiger partial charge in [0.25, 0.3) is 0 Å². The largest absolute Gasteiger partial charge is 0.463 e. The molecule has 8 nitrogen and oxygen atoms in total. The van der Waals surface area contributed by atoms with Gasteiger partial charge in [-0.1, -0.05) is 57.6 Å². The number of carbonyl (C=O) groups is 3. The van der Waals surface area contributed by atoms with Gasteiger partial charge < -0.3 is 25.7 Å². The molecule has 1 saturated carbocycles. The van der Waals surface area contributed by atoms with Crippen LogP contribution in [0.2, 0.25) is 0 Å². The van der Waals surface area contributed by atoms with Gasteiger partial charge in [0.1, 0.15) is 5.75 Å². The second-order valence-electron chi connectivity index (χ2n) is 11.1. The first-order chi connectivity index (χ1) is 20.3. The van der Waals surface area contributed by atoms with E-state index >= 15 is 0 Å². The second-order valence-corrected chi connectivity index (χ2v) is 11.1. The Kier molecular flexibility index (Phi) is 13.9. The number of rotatable bonds is 16. The number of hydrogen-bond acceptors (Lipinski definition) is 8. The van der Waals surface area contributed by atoms with Crippen LogP contribution in [0.5, 0.6) is 5.75 Å². The van der Waals surface area contributed by atoms with E-state index in [1.807, 2.05) is 12.1 Å². The standard InChI is InChI=1S/C34H46N2O6/c1-2-9-25-10-15-27(16-11-25)34(39)42-31-17-12-26(13-18-31)14-19-32(37)40-20-7-5-3-4-6-8-21-41-33(38)28-22-29(35)24-30(36)23-28/h12-14,17-19,22-25,27H,2-11,15-16,20-21,35-36H2,1H3. The van der Waals surface area contributed by atoms with Crippen molar-refractivity contribution in [2.45, 2.75) is 84.0 Å². The van der Waals surface area contributed by atoms with E-state index in [1.54, 1.807) is 36.4 Å². The average molecular weight is 579 g/mol. The number of hydrogen-bond donors (Lipinski definition) is 2. The maximum absolute atomic E-state index is 12.5. The number of carbonyl (C=O) groups excluding carboxylic acids is 3. The van der Waals surface area contributed by atoms with Crippen molar-refractivity contribution < 1.29 is 28.6 Å². The molecule has 1 fully saturated rings. The van der Waals surface area contributed by atoms with Gasteiger partial charge in [0.15, 0.2) is 0 Å². The van der Waals surface area contributed by atoms with Crippen LogP contribution in [0.15, 0.2) is 48.5 Å². The molecule has 0 atom stereocenters. The fourth-order valence-electron chi connectivity index (χ4n) is 5.28. The number of ether oxygens (including phenoxy) is 3. The molecule has 1 aliphatic rings. The van der Waals surface area contributed by atoms with Crippen molar-refractivity contribution in [2.75, 3.05) is 24.7 Å². The summed E-state index contributed by atoms with van der Waals surface area (Å²) < 4.78 is 16.2. The zero-order valence-corrected chi connectivity index (χ0v) is 24.9. The molecule has 0 radical (unpaired) electrons.